The molecule has 2 N–H and O–H groups in total. The fourth-order valence-corrected chi connectivity index (χ4v) is 6.26. The van der Waals surface area contributed by atoms with E-state index in [1.54, 1.807) is 11.0 Å². The van der Waals surface area contributed by atoms with Crippen molar-refractivity contribution in [1.82, 2.24) is 20.4 Å². The van der Waals surface area contributed by atoms with Gasteiger partial charge >= 0.3 is 6.09 Å². The van der Waals surface area contributed by atoms with Crippen molar-refractivity contribution in [3.63, 3.8) is 0 Å². The van der Waals surface area contributed by atoms with Crippen LogP contribution in [0.5, 0.6) is 0 Å². The number of carbonyl (C=O) groups excluding carboxylic acids is 2. The second kappa shape index (κ2) is 15.5. The third-order valence-electron chi connectivity index (χ3n) is 8.71. The van der Waals surface area contributed by atoms with E-state index >= 15 is 0 Å². The summed E-state index contributed by atoms with van der Waals surface area (Å²) in [5, 5.41) is 6.49. The standard InChI is InChI=1S/C37H47FN4O3/c1-26(2)25-45-37(44)42-15-12-28(13-16-42)18-29-6-4-9-33(19-29)36(43)40-22-30-10-11-35(38)34(21-30)32-8-5-7-31(20-32)24-41-17-14-39-27(3)23-41/h4-11,19-21,26-28,39H,12-18,22-25H2,1-3H3,(H,40,43)/t27-/m0/s1. The Balaban J connectivity index is 1.15. The lowest BCUT2D eigenvalue weighted by Crippen LogP contribution is -2.48. The number of nitrogens with zero attached hydrogens (tertiary/aromatic N) is 2. The van der Waals surface area contributed by atoms with Gasteiger partial charge in [0, 0.05) is 63.0 Å². The van der Waals surface area contributed by atoms with Gasteiger partial charge in [0.15, 0.2) is 0 Å². The van der Waals surface area contributed by atoms with Crippen LogP contribution in [-0.4, -0.2) is 67.2 Å². The van der Waals surface area contributed by atoms with Crippen LogP contribution in [0.2, 0.25) is 0 Å². The molecule has 0 aromatic heterocycles. The molecule has 2 fully saturated rings. The van der Waals surface area contributed by atoms with Crippen molar-refractivity contribution in [3.05, 3.63) is 94.8 Å². The van der Waals surface area contributed by atoms with E-state index in [-0.39, 0.29) is 17.8 Å². The van der Waals surface area contributed by atoms with Crippen molar-refractivity contribution < 1.29 is 18.7 Å². The molecular formula is C37H47FN4O3. The summed E-state index contributed by atoms with van der Waals surface area (Å²) in [6.07, 6.45) is 2.48. The van der Waals surface area contributed by atoms with E-state index in [1.807, 2.05) is 50.2 Å². The Bertz CT molecular complexity index is 1450. The van der Waals surface area contributed by atoms with E-state index in [2.05, 4.69) is 40.7 Å². The molecule has 2 saturated heterocycles. The van der Waals surface area contributed by atoms with Gasteiger partial charge in [0.05, 0.1) is 6.61 Å². The maximum atomic E-state index is 15.0. The zero-order chi connectivity index (χ0) is 31.8. The number of piperazine rings is 1. The number of carbonyl (C=O) groups is 2. The van der Waals surface area contributed by atoms with Crippen LogP contribution in [0.1, 0.15) is 60.7 Å². The number of likely N-dealkylation sites (tertiary alicyclic amines) is 1. The van der Waals surface area contributed by atoms with E-state index in [9.17, 15) is 14.0 Å². The van der Waals surface area contributed by atoms with E-state index < -0.39 is 0 Å². The third-order valence-corrected chi connectivity index (χ3v) is 8.71. The molecule has 240 valence electrons. The first-order chi connectivity index (χ1) is 21.7. The minimum Gasteiger partial charge on any atom is -0.449 e. The molecule has 45 heavy (non-hydrogen) atoms. The number of ether oxygens (including phenoxy) is 1. The predicted molar refractivity (Wildman–Crippen MR) is 176 cm³/mol. The minimum atomic E-state index is -0.274. The molecule has 2 aliphatic rings. The van der Waals surface area contributed by atoms with Gasteiger partial charge in [0.25, 0.3) is 5.91 Å². The second-order valence-electron chi connectivity index (χ2n) is 13.1. The first kappa shape index (κ1) is 32.6. The maximum absolute atomic E-state index is 15.0. The number of hydrogen-bond donors (Lipinski definition) is 2. The highest BCUT2D eigenvalue weighted by molar-refractivity contribution is 5.94. The lowest BCUT2D eigenvalue weighted by Gasteiger charge is -2.31. The number of hydrogen-bond acceptors (Lipinski definition) is 5. The Kier molecular flexibility index (Phi) is 11.2. The Labute approximate surface area is 267 Å². The molecule has 7 nitrogen and oxygen atoms in total. The molecule has 0 spiro atoms. The number of nitrogens with one attached hydrogen (secondary N) is 2. The van der Waals surface area contributed by atoms with Gasteiger partial charge in [0.1, 0.15) is 5.82 Å². The van der Waals surface area contributed by atoms with Gasteiger partial charge in [-0.05, 0) is 90.6 Å². The Morgan fingerprint density at radius 3 is 2.53 bits per heavy atom. The summed E-state index contributed by atoms with van der Waals surface area (Å²) in [4.78, 5) is 29.6. The number of halogens is 1. The second-order valence-corrected chi connectivity index (χ2v) is 13.1. The molecule has 5 rings (SSSR count). The van der Waals surface area contributed by atoms with Gasteiger partial charge in [-0.15, -0.1) is 0 Å². The van der Waals surface area contributed by atoms with Crippen LogP contribution in [0.15, 0.2) is 66.7 Å². The van der Waals surface area contributed by atoms with Crippen LogP contribution in [0.3, 0.4) is 0 Å². The van der Waals surface area contributed by atoms with Crippen molar-refractivity contribution in [2.75, 3.05) is 39.3 Å². The summed E-state index contributed by atoms with van der Waals surface area (Å²) < 4.78 is 20.4. The predicted octanol–water partition coefficient (Wildman–Crippen LogP) is 6.26. The zero-order valence-corrected chi connectivity index (χ0v) is 26.9. The highest BCUT2D eigenvalue weighted by Gasteiger charge is 2.24. The lowest BCUT2D eigenvalue weighted by molar-refractivity contribution is 0.0790. The smallest absolute Gasteiger partial charge is 0.409 e. The van der Waals surface area contributed by atoms with Crippen LogP contribution < -0.4 is 10.6 Å². The maximum Gasteiger partial charge on any atom is 0.409 e. The molecule has 2 aliphatic heterocycles. The topological polar surface area (TPSA) is 73.9 Å². The Morgan fingerprint density at radius 1 is 0.978 bits per heavy atom. The molecule has 1 atom stereocenters. The number of piperidine rings is 1. The van der Waals surface area contributed by atoms with Crippen LogP contribution in [-0.2, 0) is 24.2 Å². The van der Waals surface area contributed by atoms with Gasteiger partial charge in [-0.3, -0.25) is 9.69 Å². The van der Waals surface area contributed by atoms with Crippen molar-refractivity contribution in [1.29, 1.82) is 0 Å². The van der Waals surface area contributed by atoms with Crippen LogP contribution in [0.25, 0.3) is 11.1 Å². The summed E-state index contributed by atoms with van der Waals surface area (Å²) in [6.45, 7) is 12.2. The molecule has 8 heteroatoms. The van der Waals surface area contributed by atoms with Crippen molar-refractivity contribution in [3.8, 4) is 11.1 Å². The molecule has 0 radical (unpaired) electrons. The van der Waals surface area contributed by atoms with Crippen molar-refractivity contribution >= 4 is 12.0 Å². The summed E-state index contributed by atoms with van der Waals surface area (Å²) in [5.74, 6) is 0.347. The summed E-state index contributed by atoms with van der Waals surface area (Å²) in [5.41, 5.74) is 5.11. The van der Waals surface area contributed by atoms with Crippen molar-refractivity contribution in [2.24, 2.45) is 11.8 Å². The molecule has 0 saturated carbocycles. The number of benzene rings is 3. The zero-order valence-electron chi connectivity index (χ0n) is 26.9. The first-order valence-electron chi connectivity index (χ1n) is 16.4. The average molecular weight is 615 g/mol. The Morgan fingerprint density at radius 2 is 1.76 bits per heavy atom. The first-order valence-corrected chi connectivity index (χ1v) is 16.4. The van der Waals surface area contributed by atoms with E-state index in [4.69, 9.17) is 4.74 Å². The number of amides is 2. The van der Waals surface area contributed by atoms with E-state index in [0.717, 1.165) is 67.7 Å². The summed E-state index contributed by atoms with van der Waals surface area (Å²) in [6, 6.07) is 21.4. The number of rotatable bonds is 10. The monoisotopic (exact) mass is 614 g/mol. The fourth-order valence-electron chi connectivity index (χ4n) is 6.26. The SMILES string of the molecule is CC(C)COC(=O)N1CCC(Cc2cccc(C(=O)NCc3ccc(F)c(-c4cccc(CN5CCN[C@@H](C)C5)c4)c3)c2)CC1. The van der Waals surface area contributed by atoms with Gasteiger partial charge < -0.3 is 20.3 Å². The molecule has 0 aliphatic carbocycles. The van der Waals surface area contributed by atoms with Crippen molar-refractivity contribution in [2.45, 2.75) is 59.2 Å². The summed E-state index contributed by atoms with van der Waals surface area (Å²) in [7, 11) is 0. The summed E-state index contributed by atoms with van der Waals surface area (Å²) >= 11 is 0. The highest BCUT2D eigenvalue weighted by Crippen LogP contribution is 2.26. The van der Waals surface area contributed by atoms with Gasteiger partial charge in [0.2, 0.25) is 0 Å². The molecular weight excluding hydrogens is 567 g/mol. The van der Waals surface area contributed by atoms with Gasteiger partial charge in [-0.25, -0.2) is 9.18 Å². The minimum absolute atomic E-state index is 0.155. The van der Waals surface area contributed by atoms with Gasteiger partial charge in [-0.2, -0.15) is 0 Å². The van der Waals surface area contributed by atoms with Crippen LogP contribution in [0, 0.1) is 17.7 Å². The van der Waals surface area contributed by atoms with Crippen LogP contribution >= 0.6 is 0 Å². The molecule has 3 aromatic carbocycles. The Hall–Kier alpha value is -3.75. The van der Waals surface area contributed by atoms with Crippen LogP contribution in [0.4, 0.5) is 9.18 Å². The van der Waals surface area contributed by atoms with E-state index in [1.165, 1.54) is 6.07 Å². The largest absolute Gasteiger partial charge is 0.449 e. The lowest BCUT2D eigenvalue weighted by atomic mass is 9.90. The van der Waals surface area contributed by atoms with Gasteiger partial charge in [-0.1, -0.05) is 50.2 Å². The highest BCUT2D eigenvalue weighted by atomic mass is 19.1. The quantitative estimate of drug-likeness (QED) is 0.282. The molecule has 2 heterocycles. The normalized spacial score (nSPS) is 17.8. The average Bonchev–Trinajstić information content (AvgIpc) is 3.03. The van der Waals surface area contributed by atoms with E-state index in [0.29, 0.717) is 55.2 Å². The molecule has 3 aromatic rings. The fraction of sp³-hybridized carbons (Fsp3) is 0.459. The molecule has 0 unspecified atom stereocenters. The molecule has 2 amide bonds. The molecule has 0 bridgehead atoms. The third kappa shape index (κ3) is 9.38.